The molecular weight excluding hydrogens is 316 g/mol. The highest BCUT2D eigenvalue weighted by molar-refractivity contribution is 9.10. The van der Waals surface area contributed by atoms with Gasteiger partial charge < -0.3 is 10.2 Å². The third-order valence-electron chi connectivity index (χ3n) is 4.43. The lowest BCUT2D eigenvalue weighted by molar-refractivity contribution is -0.141. The van der Waals surface area contributed by atoms with Crippen molar-refractivity contribution in [2.24, 2.45) is 5.41 Å². The summed E-state index contributed by atoms with van der Waals surface area (Å²) in [7, 11) is 0. The van der Waals surface area contributed by atoms with Gasteiger partial charge >= 0.3 is 0 Å². The number of hydrogen-bond donors (Lipinski definition) is 1. The van der Waals surface area contributed by atoms with Gasteiger partial charge in [-0.05, 0) is 44.4 Å². The van der Waals surface area contributed by atoms with Crippen molar-refractivity contribution in [3.63, 3.8) is 0 Å². The van der Waals surface area contributed by atoms with E-state index in [2.05, 4.69) is 39.1 Å². The molecule has 1 amide bonds. The van der Waals surface area contributed by atoms with Gasteiger partial charge in [-0.2, -0.15) is 0 Å². The summed E-state index contributed by atoms with van der Waals surface area (Å²) >= 11 is 3.59. The molecule has 1 atom stereocenters. The molecule has 1 aromatic rings. The minimum Gasteiger partial charge on any atom is -0.335 e. The molecule has 20 heavy (non-hydrogen) atoms. The second kappa shape index (κ2) is 5.49. The number of amides is 1. The van der Waals surface area contributed by atoms with Crippen molar-refractivity contribution in [3.05, 3.63) is 34.3 Å². The molecule has 4 heteroatoms. The first-order chi connectivity index (χ1) is 9.60. The zero-order valence-corrected chi connectivity index (χ0v) is 13.4. The number of nitrogens with zero attached hydrogens (tertiary/aromatic N) is 1. The maximum absolute atomic E-state index is 12.9. The summed E-state index contributed by atoms with van der Waals surface area (Å²) in [4.78, 5) is 15.0. The quantitative estimate of drug-likeness (QED) is 0.916. The van der Waals surface area contributed by atoms with Gasteiger partial charge in [0.1, 0.15) is 0 Å². The predicted octanol–water partition coefficient (Wildman–Crippen LogP) is 2.94. The molecule has 1 aliphatic heterocycles. The van der Waals surface area contributed by atoms with Crippen molar-refractivity contribution in [2.45, 2.75) is 38.8 Å². The van der Waals surface area contributed by atoms with Gasteiger partial charge in [-0.15, -0.1) is 0 Å². The summed E-state index contributed by atoms with van der Waals surface area (Å²) in [5, 5.41) is 3.33. The van der Waals surface area contributed by atoms with Crippen molar-refractivity contribution in [2.75, 3.05) is 13.1 Å². The van der Waals surface area contributed by atoms with Gasteiger partial charge in [-0.1, -0.05) is 34.1 Å². The first-order valence-corrected chi connectivity index (χ1v) is 8.15. The van der Waals surface area contributed by atoms with Crippen LogP contribution >= 0.6 is 15.9 Å². The van der Waals surface area contributed by atoms with Crippen LogP contribution in [0, 0.1) is 5.41 Å². The maximum atomic E-state index is 12.9. The molecule has 3 rings (SSSR count). The smallest absolute Gasteiger partial charge is 0.230 e. The first kappa shape index (κ1) is 14.1. The number of carbonyl (C=O) groups is 1. The van der Waals surface area contributed by atoms with E-state index in [-0.39, 0.29) is 5.41 Å². The van der Waals surface area contributed by atoms with Crippen molar-refractivity contribution >= 4 is 21.8 Å². The molecule has 1 unspecified atom stereocenters. The fourth-order valence-electron chi connectivity index (χ4n) is 2.91. The molecule has 0 aromatic heterocycles. The summed E-state index contributed by atoms with van der Waals surface area (Å²) in [6.07, 6.45) is 3.25. The Morgan fingerprint density at radius 3 is 2.80 bits per heavy atom. The number of nitrogens with one attached hydrogen (secondary N) is 1. The van der Waals surface area contributed by atoms with Crippen molar-refractivity contribution in [1.82, 2.24) is 10.2 Å². The van der Waals surface area contributed by atoms with Gasteiger partial charge in [-0.3, -0.25) is 4.79 Å². The average molecular weight is 337 g/mol. The lowest BCUT2D eigenvalue weighted by Crippen LogP contribution is -2.44. The second-order valence-electron chi connectivity index (χ2n) is 6.24. The molecule has 0 spiro atoms. The van der Waals surface area contributed by atoms with Crippen LogP contribution in [0.5, 0.6) is 0 Å². The number of rotatable bonds is 4. The maximum Gasteiger partial charge on any atom is 0.230 e. The SMILES string of the molecule is CC1(C(=O)N(Cc2ccccc2Br)C2CC2)CCNC1. The number of benzene rings is 1. The van der Waals surface area contributed by atoms with E-state index in [1.54, 1.807) is 0 Å². The topological polar surface area (TPSA) is 32.3 Å². The predicted molar refractivity (Wildman–Crippen MR) is 83.3 cm³/mol. The third-order valence-corrected chi connectivity index (χ3v) is 5.21. The van der Waals surface area contributed by atoms with E-state index >= 15 is 0 Å². The van der Waals surface area contributed by atoms with E-state index in [0.29, 0.717) is 11.9 Å². The van der Waals surface area contributed by atoms with E-state index < -0.39 is 0 Å². The highest BCUT2D eigenvalue weighted by Crippen LogP contribution is 2.36. The molecule has 2 aliphatic rings. The van der Waals surface area contributed by atoms with E-state index in [0.717, 1.165) is 43.4 Å². The lowest BCUT2D eigenvalue weighted by atomic mass is 9.88. The minimum atomic E-state index is -0.218. The van der Waals surface area contributed by atoms with Gasteiger partial charge in [0.15, 0.2) is 0 Å². The van der Waals surface area contributed by atoms with Crippen LogP contribution in [0.4, 0.5) is 0 Å². The van der Waals surface area contributed by atoms with Crippen LogP contribution in [0.15, 0.2) is 28.7 Å². The fraction of sp³-hybridized carbons (Fsp3) is 0.562. The molecule has 1 saturated heterocycles. The molecule has 0 bridgehead atoms. The standard InChI is InChI=1S/C16H21BrN2O/c1-16(8-9-18-11-16)15(20)19(13-6-7-13)10-12-4-2-3-5-14(12)17/h2-5,13,18H,6-11H2,1H3. The molecule has 1 heterocycles. The Balaban J connectivity index is 1.79. The van der Waals surface area contributed by atoms with Gasteiger partial charge in [-0.25, -0.2) is 0 Å². The van der Waals surface area contributed by atoms with Crippen molar-refractivity contribution in [1.29, 1.82) is 0 Å². The summed E-state index contributed by atoms with van der Waals surface area (Å²) in [5.74, 6) is 0.320. The minimum absolute atomic E-state index is 0.218. The molecule has 1 saturated carbocycles. The summed E-state index contributed by atoms with van der Waals surface area (Å²) in [6, 6.07) is 8.64. The Morgan fingerprint density at radius 1 is 1.45 bits per heavy atom. The molecule has 0 radical (unpaired) electrons. The van der Waals surface area contributed by atoms with Gasteiger partial charge in [0.25, 0.3) is 0 Å². The molecule has 1 aliphatic carbocycles. The third kappa shape index (κ3) is 2.77. The van der Waals surface area contributed by atoms with Gasteiger partial charge in [0.2, 0.25) is 5.91 Å². The average Bonchev–Trinajstić information content (AvgIpc) is 3.19. The Labute approximate surface area is 128 Å². The molecule has 1 N–H and O–H groups in total. The van der Waals surface area contributed by atoms with E-state index in [9.17, 15) is 4.79 Å². The normalized spacial score (nSPS) is 25.7. The van der Waals surface area contributed by atoms with Crippen LogP contribution in [0.3, 0.4) is 0 Å². The van der Waals surface area contributed by atoms with Crippen LogP contribution < -0.4 is 5.32 Å². The Hall–Kier alpha value is -0.870. The zero-order chi connectivity index (χ0) is 14.2. The van der Waals surface area contributed by atoms with E-state index in [1.165, 1.54) is 5.56 Å². The second-order valence-corrected chi connectivity index (χ2v) is 7.10. The highest BCUT2D eigenvalue weighted by Gasteiger charge is 2.43. The fourth-order valence-corrected chi connectivity index (χ4v) is 3.32. The lowest BCUT2D eigenvalue weighted by Gasteiger charge is -2.31. The Kier molecular flexibility index (Phi) is 3.87. The molecule has 1 aromatic carbocycles. The monoisotopic (exact) mass is 336 g/mol. The molecule has 2 fully saturated rings. The largest absolute Gasteiger partial charge is 0.335 e. The van der Waals surface area contributed by atoms with Crippen LogP contribution in [-0.2, 0) is 11.3 Å². The highest BCUT2D eigenvalue weighted by atomic mass is 79.9. The van der Waals surface area contributed by atoms with Gasteiger partial charge in [0, 0.05) is 23.6 Å². The molecule has 3 nitrogen and oxygen atoms in total. The summed E-state index contributed by atoms with van der Waals surface area (Å²) < 4.78 is 1.09. The van der Waals surface area contributed by atoms with Crippen molar-refractivity contribution < 1.29 is 4.79 Å². The molecular formula is C16H21BrN2O. The zero-order valence-electron chi connectivity index (χ0n) is 11.9. The van der Waals surface area contributed by atoms with E-state index in [1.807, 2.05) is 18.2 Å². The number of halogens is 1. The van der Waals surface area contributed by atoms with Crippen LogP contribution in [-0.4, -0.2) is 29.9 Å². The Bertz CT molecular complexity index is 507. The van der Waals surface area contributed by atoms with Crippen LogP contribution in [0.2, 0.25) is 0 Å². The first-order valence-electron chi connectivity index (χ1n) is 7.35. The summed E-state index contributed by atoms with van der Waals surface area (Å²) in [5.41, 5.74) is 0.978. The Morgan fingerprint density at radius 2 is 2.20 bits per heavy atom. The van der Waals surface area contributed by atoms with Gasteiger partial charge in [0.05, 0.1) is 5.41 Å². The summed E-state index contributed by atoms with van der Waals surface area (Å²) in [6.45, 7) is 4.59. The number of carbonyl (C=O) groups excluding carboxylic acids is 1. The van der Waals surface area contributed by atoms with Crippen LogP contribution in [0.25, 0.3) is 0 Å². The molecule has 108 valence electrons. The van der Waals surface area contributed by atoms with E-state index in [4.69, 9.17) is 0 Å². The van der Waals surface area contributed by atoms with Crippen LogP contribution in [0.1, 0.15) is 31.7 Å². The number of hydrogen-bond acceptors (Lipinski definition) is 2. The van der Waals surface area contributed by atoms with Crippen molar-refractivity contribution in [3.8, 4) is 0 Å².